The average molecular weight is 376 g/mol. The Kier molecular flexibility index (Phi) is 5.34. The summed E-state index contributed by atoms with van der Waals surface area (Å²) in [5, 5.41) is 8.63. The van der Waals surface area contributed by atoms with Crippen molar-refractivity contribution in [2.45, 2.75) is 11.3 Å². The van der Waals surface area contributed by atoms with Gasteiger partial charge in [-0.05, 0) is 36.4 Å². The first-order chi connectivity index (χ1) is 13.0. The molecule has 0 atom stereocenters. The number of Topliss-reactive ketones (excluding diaryl/α,β-unsaturated/α-hetero) is 1. The van der Waals surface area contributed by atoms with Crippen molar-refractivity contribution in [3.05, 3.63) is 90.5 Å². The van der Waals surface area contributed by atoms with Gasteiger partial charge in [0.25, 0.3) is 10.0 Å². The third-order valence-electron chi connectivity index (χ3n) is 3.94. The van der Waals surface area contributed by atoms with Crippen molar-refractivity contribution in [2.24, 2.45) is 0 Å². The zero-order chi connectivity index (χ0) is 19.3. The highest BCUT2D eigenvalue weighted by atomic mass is 32.2. The minimum atomic E-state index is -3.90. The molecule has 27 heavy (non-hydrogen) atoms. The van der Waals surface area contributed by atoms with E-state index in [-0.39, 0.29) is 17.1 Å². The Morgan fingerprint density at radius 3 is 1.74 bits per heavy atom. The summed E-state index contributed by atoms with van der Waals surface area (Å²) >= 11 is 0. The molecule has 0 unspecified atom stereocenters. The van der Waals surface area contributed by atoms with Crippen molar-refractivity contribution < 1.29 is 13.2 Å². The Morgan fingerprint density at radius 1 is 0.815 bits per heavy atom. The SMILES string of the molecule is N#CCC(=O)c1ccc(S(=O)(=O)N(c2ccccc2)c2ccccc2)cc1. The lowest BCUT2D eigenvalue weighted by molar-refractivity contribution is 0.0997. The van der Waals surface area contributed by atoms with E-state index in [1.54, 1.807) is 54.6 Å². The molecule has 6 heteroatoms. The summed E-state index contributed by atoms with van der Waals surface area (Å²) in [6.45, 7) is 0. The Balaban J connectivity index is 2.06. The molecule has 0 aliphatic carbocycles. The van der Waals surface area contributed by atoms with Crippen LogP contribution < -0.4 is 4.31 Å². The van der Waals surface area contributed by atoms with E-state index in [1.807, 2.05) is 12.1 Å². The zero-order valence-corrected chi connectivity index (χ0v) is 15.1. The molecule has 3 aromatic rings. The number of nitrogens with zero attached hydrogens (tertiary/aromatic N) is 2. The van der Waals surface area contributed by atoms with Gasteiger partial charge in [-0.25, -0.2) is 12.7 Å². The molecule has 5 nitrogen and oxygen atoms in total. The van der Waals surface area contributed by atoms with E-state index in [4.69, 9.17) is 5.26 Å². The van der Waals surface area contributed by atoms with Gasteiger partial charge in [-0.1, -0.05) is 48.5 Å². The maximum atomic E-state index is 13.3. The van der Waals surface area contributed by atoms with Crippen molar-refractivity contribution >= 4 is 27.2 Å². The van der Waals surface area contributed by atoms with Crippen molar-refractivity contribution in [1.29, 1.82) is 5.26 Å². The molecule has 0 saturated heterocycles. The van der Waals surface area contributed by atoms with Gasteiger partial charge < -0.3 is 0 Å². The standard InChI is InChI=1S/C21H16N2O3S/c22-16-15-21(24)17-11-13-20(14-12-17)27(25,26)23(18-7-3-1-4-8-18)19-9-5-2-6-10-19/h1-14H,15H2. The molecule has 0 N–H and O–H groups in total. The maximum absolute atomic E-state index is 13.3. The number of hydrogen-bond acceptors (Lipinski definition) is 4. The van der Waals surface area contributed by atoms with Gasteiger partial charge in [0, 0.05) is 5.56 Å². The first kappa shape index (κ1) is 18.4. The van der Waals surface area contributed by atoms with Crippen LogP contribution >= 0.6 is 0 Å². The van der Waals surface area contributed by atoms with Crippen molar-refractivity contribution in [3.63, 3.8) is 0 Å². The minimum Gasteiger partial charge on any atom is -0.293 e. The van der Waals surface area contributed by atoms with Crippen LogP contribution in [-0.2, 0) is 10.0 Å². The average Bonchev–Trinajstić information content (AvgIpc) is 2.70. The lowest BCUT2D eigenvalue weighted by Crippen LogP contribution is -2.26. The van der Waals surface area contributed by atoms with Crippen LogP contribution in [0.15, 0.2) is 89.8 Å². The zero-order valence-electron chi connectivity index (χ0n) is 14.3. The number of nitriles is 1. The number of anilines is 2. The van der Waals surface area contributed by atoms with Gasteiger partial charge in [0.15, 0.2) is 5.78 Å². The molecule has 0 aliphatic heterocycles. The fourth-order valence-corrected chi connectivity index (χ4v) is 4.13. The molecular formula is C21H16N2O3S. The quantitative estimate of drug-likeness (QED) is 0.601. The van der Waals surface area contributed by atoms with E-state index >= 15 is 0 Å². The van der Waals surface area contributed by atoms with Gasteiger partial charge in [0.1, 0.15) is 0 Å². The molecule has 0 heterocycles. The molecule has 0 radical (unpaired) electrons. The molecule has 0 saturated carbocycles. The lowest BCUT2D eigenvalue weighted by atomic mass is 10.1. The summed E-state index contributed by atoms with van der Waals surface area (Å²) in [6, 6.07) is 25.0. The van der Waals surface area contributed by atoms with Crippen molar-refractivity contribution in [3.8, 4) is 6.07 Å². The van der Waals surface area contributed by atoms with E-state index in [0.717, 1.165) is 0 Å². The highest BCUT2D eigenvalue weighted by Gasteiger charge is 2.26. The van der Waals surface area contributed by atoms with E-state index in [2.05, 4.69) is 0 Å². The van der Waals surface area contributed by atoms with E-state index in [0.29, 0.717) is 16.9 Å². The van der Waals surface area contributed by atoms with Crippen LogP contribution in [0.25, 0.3) is 0 Å². The molecule has 0 spiro atoms. The molecule has 0 bridgehead atoms. The predicted octanol–water partition coefficient (Wildman–Crippen LogP) is 4.31. The number of benzene rings is 3. The van der Waals surface area contributed by atoms with Gasteiger partial charge >= 0.3 is 0 Å². The molecule has 0 aromatic heterocycles. The van der Waals surface area contributed by atoms with Crippen molar-refractivity contribution in [2.75, 3.05) is 4.31 Å². The molecule has 0 aliphatic rings. The number of ketones is 1. The Morgan fingerprint density at radius 2 is 1.30 bits per heavy atom. The number of para-hydroxylation sites is 2. The van der Waals surface area contributed by atoms with E-state index in [9.17, 15) is 13.2 Å². The Labute approximate surface area is 158 Å². The Bertz CT molecular complexity index is 1030. The van der Waals surface area contributed by atoms with Gasteiger partial charge in [0.05, 0.1) is 28.8 Å². The lowest BCUT2D eigenvalue weighted by Gasteiger charge is -2.24. The van der Waals surface area contributed by atoms with E-state index in [1.165, 1.54) is 28.6 Å². The third-order valence-corrected chi connectivity index (χ3v) is 5.71. The first-order valence-corrected chi connectivity index (χ1v) is 9.63. The fraction of sp³-hybridized carbons (Fsp3) is 0.0476. The molecule has 3 aromatic carbocycles. The van der Waals surface area contributed by atoms with Gasteiger partial charge in [-0.3, -0.25) is 4.79 Å². The highest BCUT2D eigenvalue weighted by molar-refractivity contribution is 7.93. The smallest absolute Gasteiger partial charge is 0.268 e. The summed E-state index contributed by atoms with van der Waals surface area (Å²) in [4.78, 5) is 11.9. The fourth-order valence-electron chi connectivity index (χ4n) is 2.65. The summed E-state index contributed by atoms with van der Waals surface area (Å²) in [7, 11) is -3.90. The van der Waals surface area contributed by atoms with Crippen LogP contribution in [0.2, 0.25) is 0 Å². The second-order valence-electron chi connectivity index (χ2n) is 5.72. The number of hydrogen-bond donors (Lipinski definition) is 0. The monoisotopic (exact) mass is 376 g/mol. The van der Waals surface area contributed by atoms with Crippen LogP contribution in [-0.4, -0.2) is 14.2 Å². The van der Waals surface area contributed by atoms with Crippen LogP contribution in [0.3, 0.4) is 0 Å². The highest BCUT2D eigenvalue weighted by Crippen LogP contribution is 2.32. The largest absolute Gasteiger partial charge is 0.293 e. The van der Waals surface area contributed by atoms with Gasteiger partial charge in [-0.2, -0.15) is 5.26 Å². The summed E-state index contributed by atoms with van der Waals surface area (Å²) in [5.74, 6) is -0.343. The Hall–Kier alpha value is -3.43. The molecule has 0 fully saturated rings. The van der Waals surface area contributed by atoms with Crippen LogP contribution in [0.1, 0.15) is 16.8 Å². The maximum Gasteiger partial charge on any atom is 0.268 e. The number of rotatable bonds is 6. The van der Waals surface area contributed by atoms with Crippen LogP contribution in [0.4, 0.5) is 11.4 Å². The van der Waals surface area contributed by atoms with Gasteiger partial charge in [0.2, 0.25) is 0 Å². The molecule has 0 amide bonds. The first-order valence-electron chi connectivity index (χ1n) is 8.19. The summed E-state index contributed by atoms with van der Waals surface area (Å²) in [5.41, 5.74) is 1.32. The summed E-state index contributed by atoms with van der Waals surface area (Å²) in [6.07, 6.45) is -0.244. The number of carbonyl (C=O) groups excluding carboxylic acids is 1. The van der Waals surface area contributed by atoms with E-state index < -0.39 is 10.0 Å². The molecule has 3 rings (SSSR count). The van der Waals surface area contributed by atoms with Crippen LogP contribution in [0.5, 0.6) is 0 Å². The molecular weight excluding hydrogens is 360 g/mol. The normalized spacial score (nSPS) is 10.8. The third kappa shape index (κ3) is 3.89. The number of sulfonamides is 1. The second-order valence-corrected chi connectivity index (χ2v) is 7.51. The van der Waals surface area contributed by atoms with Crippen molar-refractivity contribution in [1.82, 2.24) is 0 Å². The minimum absolute atomic E-state index is 0.0590. The molecule has 134 valence electrons. The number of carbonyl (C=O) groups is 1. The second kappa shape index (κ2) is 7.85. The summed E-state index contributed by atoms with van der Waals surface area (Å²) < 4.78 is 27.9. The topological polar surface area (TPSA) is 78.2 Å². The van der Waals surface area contributed by atoms with Gasteiger partial charge in [-0.15, -0.1) is 0 Å². The predicted molar refractivity (Wildman–Crippen MR) is 103 cm³/mol. The van der Waals surface area contributed by atoms with Crippen LogP contribution in [0, 0.1) is 11.3 Å².